The predicted octanol–water partition coefficient (Wildman–Crippen LogP) is 1.97. The van der Waals surface area contributed by atoms with E-state index in [0.717, 1.165) is 16.5 Å². The van der Waals surface area contributed by atoms with Crippen molar-refractivity contribution in [3.63, 3.8) is 0 Å². The van der Waals surface area contributed by atoms with Crippen LogP contribution in [0.15, 0.2) is 30.5 Å². The van der Waals surface area contributed by atoms with Crippen molar-refractivity contribution in [3.05, 3.63) is 36.0 Å². The Morgan fingerprint density at radius 1 is 1.47 bits per heavy atom. The lowest BCUT2D eigenvalue weighted by Gasteiger charge is -1.96. The highest BCUT2D eigenvalue weighted by Crippen LogP contribution is 2.15. The number of aliphatic hydroxyl groups excluding tert-OH is 1. The Morgan fingerprint density at radius 3 is 3.13 bits per heavy atom. The van der Waals surface area contributed by atoms with Gasteiger partial charge in [0.2, 0.25) is 0 Å². The summed E-state index contributed by atoms with van der Waals surface area (Å²) >= 11 is 0. The Labute approximate surface area is 88.6 Å². The van der Waals surface area contributed by atoms with Crippen LogP contribution in [0.2, 0.25) is 0 Å². The molecular weight excluding hydrogens is 188 g/mol. The lowest BCUT2D eigenvalue weighted by Crippen LogP contribution is -1.88. The van der Waals surface area contributed by atoms with E-state index in [1.54, 1.807) is 0 Å². The minimum atomic E-state index is 0.199. The Kier molecular flexibility index (Phi) is 2.83. The number of hydrogen-bond donors (Lipinski definition) is 1. The fraction of sp³-hybridized carbons (Fsp3) is 0.250. The molecule has 78 valence electrons. The van der Waals surface area contributed by atoms with E-state index in [2.05, 4.69) is 23.3 Å². The predicted molar refractivity (Wildman–Crippen MR) is 61.5 cm³/mol. The van der Waals surface area contributed by atoms with E-state index >= 15 is 0 Å². The standard InChI is InChI=1S/C12H14N2O/c1-14-12-8-10(4-2-3-7-15)5-6-11(12)9-13-14/h2,4-6,8-9,15H,3,7H2,1H3. The fourth-order valence-electron chi connectivity index (χ4n) is 1.56. The van der Waals surface area contributed by atoms with E-state index in [4.69, 9.17) is 5.11 Å². The molecule has 3 nitrogen and oxygen atoms in total. The maximum atomic E-state index is 8.66. The molecule has 1 N–H and O–H groups in total. The fourth-order valence-corrected chi connectivity index (χ4v) is 1.56. The van der Waals surface area contributed by atoms with E-state index in [0.29, 0.717) is 6.42 Å². The van der Waals surface area contributed by atoms with Gasteiger partial charge in [-0.1, -0.05) is 24.3 Å². The maximum Gasteiger partial charge on any atom is 0.0685 e. The zero-order chi connectivity index (χ0) is 10.7. The third-order valence-corrected chi connectivity index (χ3v) is 2.38. The number of aromatic nitrogens is 2. The summed E-state index contributed by atoms with van der Waals surface area (Å²) in [5, 5.41) is 14.0. The van der Waals surface area contributed by atoms with Gasteiger partial charge in [0.15, 0.2) is 0 Å². The Bertz CT molecular complexity index is 485. The van der Waals surface area contributed by atoms with E-state index in [9.17, 15) is 0 Å². The molecular formula is C12H14N2O. The second-order valence-corrected chi connectivity index (χ2v) is 3.50. The summed E-state index contributed by atoms with van der Waals surface area (Å²) in [5.41, 5.74) is 2.26. The molecule has 1 heterocycles. The van der Waals surface area contributed by atoms with Crippen molar-refractivity contribution in [3.8, 4) is 0 Å². The first-order valence-electron chi connectivity index (χ1n) is 5.00. The van der Waals surface area contributed by atoms with E-state index in [1.807, 2.05) is 30.1 Å². The molecule has 0 spiro atoms. The first-order chi connectivity index (χ1) is 7.31. The summed E-state index contributed by atoms with van der Waals surface area (Å²) in [6.45, 7) is 0.199. The normalized spacial score (nSPS) is 11.6. The highest BCUT2D eigenvalue weighted by Gasteiger charge is 1.98. The molecule has 1 aromatic heterocycles. The first kappa shape index (κ1) is 9.93. The van der Waals surface area contributed by atoms with Crippen molar-refractivity contribution in [1.29, 1.82) is 0 Å². The highest BCUT2D eigenvalue weighted by atomic mass is 16.2. The van der Waals surface area contributed by atoms with Crippen LogP contribution in [0.1, 0.15) is 12.0 Å². The molecule has 15 heavy (non-hydrogen) atoms. The molecule has 2 aromatic rings. The third kappa shape index (κ3) is 2.07. The average Bonchev–Trinajstić information content (AvgIpc) is 2.61. The van der Waals surface area contributed by atoms with Crippen LogP contribution in [-0.4, -0.2) is 21.5 Å². The van der Waals surface area contributed by atoms with Gasteiger partial charge in [0, 0.05) is 19.0 Å². The minimum absolute atomic E-state index is 0.199. The smallest absolute Gasteiger partial charge is 0.0685 e. The average molecular weight is 202 g/mol. The van der Waals surface area contributed by atoms with Crippen LogP contribution in [0.3, 0.4) is 0 Å². The number of nitrogens with zero attached hydrogens (tertiary/aromatic N) is 2. The Hall–Kier alpha value is -1.61. The minimum Gasteiger partial charge on any atom is -0.396 e. The third-order valence-electron chi connectivity index (χ3n) is 2.38. The lowest BCUT2D eigenvalue weighted by molar-refractivity contribution is 0.303. The van der Waals surface area contributed by atoms with Crippen LogP contribution in [0.4, 0.5) is 0 Å². The number of rotatable bonds is 3. The van der Waals surface area contributed by atoms with Crippen LogP contribution in [0.5, 0.6) is 0 Å². The SMILES string of the molecule is Cn1ncc2ccc(C=CCCO)cc21. The Morgan fingerprint density at radius 2 is 2.33 bits per heavy atom. The molecule has 0 aliphatic carbocycles. The van der Waals surface area contributed by atoms with Gasteiger partial charge in [-0.3, -0.25) is 4.68 Å². The summed E-state index contributed by atoms with van der Waals surface area (Å²) in [6, 6.07) is 6.20. The van der Waals surface area contributed by atoms with Gasteiger partial charge < -0.3 is 5.11 Å². The molecule has 2 rings (SSSR count). The van der Waals surface area contributed by atoms with E-state index in [-0.39, 0.29) is 6.61 Å². The second kappa shape index (κ2) is 4.28. The van der Waals surface area contributed by atoms with Gasteiger partial charge in [0.05, 0.1) is 11.7 Å². The van der Waals surface area contributed by atoms with Gasteiger partial charge in [0.25, 0.3) is 0 Å². The van der Waals surface area contributed by atoms with Crippen LogP contribution in [0, 0.1) is 0 Å². The molecule has 0 fully saturated rings. The van der Waals surface area contributed by atoms with Crippen molar-refractivity contribution in [1.82, 2.24) is 9.78 Å². The van der Waals surface area contributed by atoms with Crippen LogP contribution < -0.4 is 0 Å². The number of hydrogen-bond acceptors (Lipinski definition) is 2. The molecule has 1 aromatic carbocycles. The van der Waals surface area contributed by atoms with Gasteiger partial charge in [-0.15, -0.1) is 0 Å². The molecule has 0 saturated heterocycles. The summed E-state index contributed by atoms with van der Waals surface area (Å²) in [6.07, 6.45) is 6.54. The van der Waals surface area contributed by atoms with Crippen LogP contribution in [0.25, 0.3) is 17.0 Å². The van der Waals surface area contributed by atoms with Crippen molar-refractivity contribution < 1.29 is 5.11 Å². The van der Waals surface area contributed by atoms with Gasteiger partial charge in [0.1, 0.15) is 0 Å². The largest absolute Gasteiger partial charge is 0.396 e. The van der Waals surface area contributed by atoms with Crippen LogP contribution in [-0.2, 0) is 7.05 Å². The molecule has 0 unspecified atom stereocenters. The maximum absolute atomic E-state index is 8.66. The quantitative estimate of drug-likeness (QED) is 0.826. The summed E-state index contributed by atoms with van der Waals surface area (Å²) in [7, 11) is 1.93. The monoisotopic (exact) mass is 202 g/mol. The molecule has 0 aliphatic heterocycles. The van der Waals surface area contributed by atoms with Crippen molar-refractivity contribution >= 4 is 17.0 Å². The molecule has 3 heteroatoms. The van der Waals surface area contributed by atoms with Gasteiger partial charge in [-0.2, -0.15) is 5.10 Å². The van der Waals surface area contributed by atoms with Crippen molar-refractivity contribution in [2.45, 2.75) is 6.42 Å². The zero-order valence-corrected chi connectivity index (χ0v) is 8.72. The van der Waals surface area contributed by atoms with Crippen molar-refractivity contribution in [2.75, 3.05) is 6.61 Å². The van der Waals surface area contributed by atoms with Gasteiger partial charge in [-0.25, -0.2) is 0 Å². The summed E-state index contributed by atoms with van der Waals surface area (Å²) in [4.78, 5) is 0. The topological polar surface area (TPSA) is 38.0 Å². The zero-order valence-electron chi connectivity index (χ0n) is 8.72. The molecule has 0 aliphatic rings. The highest BCUT2D eigenvalue weighted by molar-refractivity contribution is 5.81. The second-order valence-electron chi connectivity index (χ2n) is 3.50. The van der Waals surface area contributed by atoms with Crippen LogP contribution >= 0.6 is 0 Å². The number of aliphatic hydroxyl groups is 1. The van der Waals surface area contributed by atoms with Gasteiger partial charge in [-0.05, 0) is 18.1 Å². The number of fused-ring (bicyclic) bond motifs is 1. The molecule has 0 atom stereocenters. The summed E-state index contributed by atoms with van der Waals surface area (Å²) < 4.78 is 1.86. The summed E-state index contributed by atoms with van der Waals surface area (Å²) in [5.74, 6) is 0. The van der Waals surface area contributed by atoms with Gasteiger partial charge >= 0.3 is 0 Å². The number of benzene rings is 1. The Balaban J connectivity index is 2.33. The molecule has 0 saturated carbocycles. The molecule has 0 radical (unpaired) electrons. The van der Waals surface area contributed by atoms with E-state index < -0.39 is 0 Å². The van der Waals surface area contributed by atoms with Crippen molar-refractivity contribution in [2.24, 2.45) is 7.05 Å². The lowest BCUT2D eigenvalue weighted by atomic mass is 10.1. The number of aryl methyl sites for hydroxylation is 1. The molecule has 0 amide bonds. The van der Waals surface area contributed by atoms with E-state index in [1.165, 1.54) is 0 Å². The molecule has 0 bridgehead atoms. The first-order valence-corrected chi connectivity index (χ1v) is 5.00.